The molecular weight excluding hydrogens is 350 g/mol. The van der Waals surface area contributed by atoms with E-state index in [-0.39, 0.29) is 24.9 Å². The van der Waals surface area contributed by atoms with Crippen LogP contribution in [0.4, 0.5) is 6.01 Å². The summed E-state index contributed by atoms with van der Waals surface area (Å²) in [5.74, 6) is -1.15. The highest BCUT2D eigenvalue weighted by molar-refractivity contribution is 5.81. The molecule has 0 radical (unpaired) electrons. The Bertz CT molecular complexity index is 802. The minimum absolute atomic E-state index is 0.0843. The van der Waals surface area contributed by atoms with E-state index in [1.807, 2.05) is 24.3 Å². The van der Waals surface area contributed by atoms with Crippen molar-refractivity contribution >= 4 is 29.0 Å². The van der Waals surface area contributed by atoms with Crippen molar-refractivity contribution in [3.8, 4) is 0 Å². The van der Waals surface area contributed by atoms with E-state index < -0.39 is 11.5 Å². The van der Waals surface area contributed by atoms with Crippen LogP contribution in [-0.2, 0) is 14.3 Å². The first-order valence-electron chi connectivity index (χ1n) is 9.27. The molecule has 1 aromatic heterocycles. The van der Waals surface area contributed by atoms with Gasteiger partial charge in [0.1, 0.15) is 5.52 Å². The number of carbonyl (C=O) groups is 2. The third-order valence-corrected chi connectivity index (χ3v) is 5.40. The number of para-hydroxylation sites is 2. The van der Waals surface area contributed by atoms with Crippen LogP contribution >= 0.6 is 0 Å². The fraction of sp³-hybridized carbons (Fsp3) is 0.526. The Labute approximate surface area is 156 Å². The maximum absolute atomic E-state index is 12.7. The quantitative estimate of drug-likeness (QED) is 0.823. The third kappa shape index (κ3) is 3.75. The number of carboxylic acids is 1. The Balaban J connectivity index is 1.37. The van der Waals surface area contributed by atoms with E-state index in [1.165, 1.54) is 0 Å². The molecule has 1 atom stereocenters. The molecule has 3 heterocycles. The van der Waals surface area contributed by atoms with Gasteiger partial charge in [-0.15, -0.1) is 0 Å². The summed E-state index contributed by atoms with van der Waals surface area (Å²) >= 11 is 0. The van der Waals surface area contributed by atoms with Crippen molar-refractivity contribution in [3.63, 3.8) is 0 Å². The normalized spacial score (nSPS) is 23.6. The summed E-state index contributed by atoms with van der Waals surface area (Å²) in [7, 11) is 0. The number of nitrogens with zero attached hydrogens (tertiary/aromatic N) is 2. The van der Waals surface area contributed by atoms with Crippen molar-refractivity contribution in [1.29, 1.82) is 0 Å². The van der Waals surface area contributed by atoms with E-state index in [2.05, 4.69) is 15.2 Å². The number of amides is 1. The Hall–Kier alpha value is -2.61. The molecule has 2 aliphatic heterocycles. The van der Waals surface area contributed by atoms with Crippen molar-refractivity contribution in [2.45, 2.75) is 31.2 Å². The molecule has 2 aliphatic rings. The second-order valence-corrected chi connectivity index (χ2v) is 7.37. The summed E-state index contributed by atoms with van der Waals surface area (Å²) in [6.07, 6.45) is 1.77. The highest BCUT2D eigenvalue weighted by atomic mass is 16.5. The number of carboxylic acid groups (broad SMARTS) is 1. The first-order chi connectivity index (χ1) is 13.0. The number of rotatable bonds is 5. The van der Waals surface area contributed by atoms with E-state index >= 15 is 0 Å². The number of ether oxygens (including phenoxy) is 1. The first-order valence-corrected chi connectivity index (χ1v) is 9.27. The number of nitrogens with one attached hydrogen (secondary N) is 1. The zero-order chi connectivity index (χ0) is 18.9. The number of aliphatic carboxylic acids is 1. The number of aromatic nitrogens is 1. The standard InChI is InChI=1S/C19H23N3O5/c23-16(24)11-19(7-10-26-12-19)21-17(25)13-5-8-22(9-6-13)18-20-14-3-1-2-4-15(14)27-18/h1-4,13H,5-12H2,(H,21,25)(H,23,24). The molecule has 0 bridgehead atoms. The number of hydrogen-bond acceptors (Lipinski definition) is 6. The van der Waals surface area contributed by atoms with Gasteiger partial charge in [-0.25, -0.2) is 0 Å². The molecule has 4 rings (SSSR count). The van der Waals surface area contributed by atoms with E-state index in [9.17, 15) is 9.59 Å². The van der Waals surface area contributed by atoms with Crippen molar-refractivity contribution < 1.29 is 23.8 Å². The summed E-state index contributed by atoms with van der Waals surface area (Å²) in [5, 5.41) is 12.1. The lowest BCUT2D eigenvalue weighted by Gasteiger charge is -2.33. The highest BCUT2D eigenvalue weighted by Gasteiger charge is 2.40. The Morgan fingerprint density at radius 2 is 2.07 bits per heavy atom. The van der Waals surface area contributed by atoms with Crippen LogP contribution in [0.25, 0.3) is 11.1 Å². The van der Waals surface area contributed by atoms with Crippen molar-refractivity contribution in [1.82, 2.24) is 10.3 Å². The van der Waals surface area contributed by atoms with Crippen molar-refractivity contribution in [2.24, 2.45) is 5.92 Å². The maximum atomic E-state index is 12.7. The summed E-state index contributed by atoms with van der Waals surface area (Å²) in [6.45, 7) is 2.08. The van der Waals surface area contributed by atoms with Crippen LogP contribution in [0, 0.1) is 5.92 Å². The molecule has 0 saturated carbocycles. The molecule has 1 aromatic carbocycles. The number of carbonyl (C=O) groups excluding carboxylic acids is 1. The molecular formula is C19H23N3O5. The average molecular weight is 373 g/mol. The molecule has 1 amide bonds. The lowest BCUT2D eigenvalue weighted by Crippen LogP contribution is -2.53. The largest absolute Gasteiger partial charge is 0.481 e. The van der Waals surface area contributed by atoms with Crippen LogP contribution in [-0.4, -0.2) is 53.8 Å². The van der Waals surface area contributed by atoms with Gasteiger partial charge in [0, 0.05) is 25.6 Å². The van der Waals surface area contributed by atoms with Crippen LogP contribution in [0.5, 0.6) is 0 Å². The van der Waals surface area contributed by atoms with Crippen LogP contribution in [0.1, 0.15) is 25.7 Å². The lowest BCUT2D eigenvalue weighted by molar-refractivity contribution is -0.139. The fourth-order valence-electron chi connectivity index (χ4n) is 3.87. The van der Waals surface area contributed by atoms with E-state index in [1.54, 1.807) is 0 Å². The van der Waals surface area contributed by atoms with E-state index in [0.717, 1.165) is 11.1 Å². The topological polar surface area (TPSA) is 105 Å². The van der Waals surface area contributed by atoms with Gasteiger partial charge in [0.05, 0.1) is 18.6 Å². The fourth-order valence-corrected chi connectivity index (χ4v) is 3.87. The van der Waals surface area contributed by atoms with Gasteiger partial charge < -0.3 is 24.5 Å². The first kappa shape index (κ1) is 17.8. The lowest BCUT2D eigenvalue weighted by atomic mass is 9.90. The molecule has 0 spiro atoms. The molecule has 144 valence electrons. The highest BCUT2D eigenvalue weighted by Crippen LogP contribution is 2.28. The van der Waals surface area contributed by atoms with E-state index in [4.69, 9.17) is 14.3 Å². The second kappa shape index (κ2) is 7.19. The Kier molecular flexibility index (Phi) is 4.73. The smallest absolute Gasteiger partial charge is 0.305 e. The average Bonchev–Trinajstić information content (AvgIpc) is 3.28. The SMILES string of the molecule is O=C(O)CC1(NC(=O)C2CCN(c3nc4ccccc4o3)CC2)CCOC1. The molecule has 2 aromatic rings. The summed E-state index contributed by atoms with van der Waals surface area (Å²) < 4.78 is 11.1. The predicted molar refractivity (Wildman–Crippen MR) is 97.5 cm³/mol. The second-order valence-electron chi connectivity index (χ2n) is 7.37. The molecule has 27 heavy (non-hydrogen) atoms. The van der Waals surface area contributed by atoms with Gasteiger partial charge in [-0.05, 0) is 31.4 Å². The van der Waals surface area contributed by atoms with Crippen LogP contribution in [0.2, 0.25) is 0 Å². The van der Waals surface area contributed by atoms with Gasteiger partial charge in [-0.3, -0.25) is 9.59 Å². The third-order valence-electron chi connectivity index (χ3n) is 5.40. The number of fused-ring (bicyclic) bond motifs is 1. The number of oxazole rings is 1. The molecule has 8 heteroatoms. The maximum Gasteiger partial charge on any atom is 0.305 e. The zero-order valence-electron chi connectivity index (χ0n) is 15.0. The Morgan fingerprint density at radius 3 is 2.74 bits per heavy atom. The number of hydrogen-bond donors (Lipinski definition) is 2. The Morgan fingerprint density at radius 1 is 1.30 bits per heavy atom. The van der Waals surface area contributed by atoms with Gasteiger partial charge in [-0.2, -0.15) is 4.98 Å². The number of anilines is 1. The monoisotopic (exact) mass is 373 g/mol. The molecule has 0 aliphatic carbocycles. The van der Waals surface area contributed by atoms with Gasteiger partial charge >= 0.3 is 5.97 Å². The van der Waals surface area contributed by atoms with E-state index in [0.29, 0.717) is 45.0 Å². The zero-order valence-corrected chi connectivity index (χ0v) is 15.0. The van der Waals surface area contributed by atoms with Crippen molar-refractivity contribution in [2.75, 3.05) is 31.2 Å². The summed E-state index contributed by atoms with van der Waals surface area (Å²) in [6, 6.07) is 8.21. The van der Waals surface area contributed by atoms with Gasteiger partial charge in [0.25, 0.3) is 6.01 Å². The molecule has 2 fully saturated rings. The number of benzene rings is 1. The molecule has 1 unspecified atom stereocenters. The van der Waals surface area contributed by atoms with Crippen LogP contribution < -0.4 is 10.2 Å². The minimum atomic E-state index is -0.924. The number of piperidine rings is 1. The van der Waals surface area contributed by atoms with Crippen LogP contribution in [0.3, 0.4) is 0 Å². The van der Waals surface area contributed by atoms with Crippen LogP contribution in [0.15, 0.2) is 28.7 Å². The predicted octanol–water partition coefficient (Wildman–Crippen LogP) is 1.79. The molecule has 2 N–H and O–H groups in total. The summed E-state index contributed by atoms with van der Waals surface area (Å²) in [4.78, 5) is 30.4. The summed E-state index contributed by atoms with van der Waals surface area (Å²) in [5.41, 5.74) is 0.800. The van der Waals surface area contributed by atoms with Gasteiger partial charge in [0.15, 0.2) is 5.58 Å². The molecule has 2 saturated heterocycles. The minimum Gasteiger partial charge on any atom is -0.481 e. The van der Waals surface area contributed by atoms with Gasteiger partial charge in [-0.1, -0.05) is 12.1 Å². The van der Waals surface area contributed by atoms with Gasteiger partial charge in [0.2, 0.25) is 5.91 Å². The molecule has 8 nitrogen and oxygen atoms in total. The van der Waals surface area contributed by atoms with Crippen molar-refractivity contribution in [3.05, 3.63) is 24.3 Å².